The number of fused-ring (bicyclic) bond motifs is 6. The molecule has 0 amide bonds. The lowest BCUT2D eigenvalue weighted by molar-refractivity contribution is -0.153. The van der Waals surface area contributed by atoms with Gasteiger partial charge < -0.3 is 18.6 Å². The van der Waals surface area contributed by atoms with Crippen molar-refractivity contribution >= 4 is 32.9 Å². The Morgan fingerprint density at radius 2 is 1.73 bits per heavy atom. The van der Waals surface area contributed by atoms with E-state index in [4.69, 9.17) is 18.6 Å². The fourth-order valence-corrected chi connectivity index (χ4v) is 11.5. The van der Waals surface area contributed by atoms with Gasteiger partial charge >= 0.3 is 5.97 Å². The van der Waals surface area contributed by atoms with E-state index in [1.54, 1.807) is 37.3 Å². The molecule has 8 atom stereocenters. The zero-order valence-electron chi connectivity index (χ0n) is 32.0. The summed E-state index contributed by atoms with van der Waals surface area (Å²) in [6, 6.07) is 12.2. The van der Waals surface area contributed by atoms with Gasteiger partial charge in [-0.3, -0.25) is 4.79 Å². The number of rotatable bonds is 11. The van der Waals surface area contributed by atoms with Gasteiger partial charge in [0.25, 0.3) is 0 Å². The molecule has 7 rings (SSSR count). The highest BCUT2D eigenvalue weighted by Gasteiger charge is 2.59. The molecule has 1 heterocycles. The van der Waals surface area contributed by atoms with Crippen LogP contribution in [0.4, 0.5) is 0 Å². The van der Waals surface area contributed by atoms with Crippen molar-refractivity contribution in [2.24, 2.45) is 46.3 Å². The van der Waals surface area contributed by atoms with Crippen LogP contribution in [0.2, 0.25) is 0 Å². The summed E-state index contributed by atoms with van der Waals surface area (Å²) < 4.78 is 24.6. The Morgan fingerprint density at radius 3 is 2.50 bits per heavy atom. The molecule has 1 aromatic heterocycles. The first-order valence-electron chi connectivity index (χ1n) is 19.9. The summed E-state index contributed by atoms with van der Waals surface area (Å²) in [6.45, 7) is 13.9. The largest absolute Gasteiger partial charge is 0.482 e. The summed E-state index contributed by atoms with van der Waals surface area (Å²) in [5, 5.41) is 0.378. The van der Waals surface area contributed by atoms with Crippen molar-refractivity contribution in [2.45, 2.75) is 118 Å². The molecule has 3 aromatic rings. The van der Waals surface area contributed by atoms with E-state index in [2.05, 4.69) is 56.6 Å². The van der Waals surface area contributed by atoms with E-state index in [0.717, 1.165) is 59.2 Å². The molecule has 7 heteroatoms. The number of carbonyl (C=O) groups is 1. The summed E-state index contributed by atoms with van der Waals surface area (Å²) >= 11 is 3.41. The Morgan fingerprint density at radius 1 is 0.962 bits per heavy atom. The maximum absolute atomic E-state index is 13.3. The fourth-order valence-electron chi connectivity index (χ4n) is 11.2. The molecule has 0 aliphatic heterocycles. The van der Waals surface area contributed by atoms with Crippen LogP contribution in [0.1, 0.15) is 111 Å². The van der Waals surface area contributed by atoms with Crippen LogP contribution in [0, 0.1) is 53.3 Å². The second kappa shape index (κ2) is 15.0. The average molecular weight is 774 g/mol. The highest BCUT2D eigenvalue weighted by atomic mass is 79.9. The van der Waals surface area contributed by atoms with Gasteiger partial charge in [0, 0.05) is 17.0 Å². The first-order chi connectivity index (χ1) is 24.9. The first kappa shape index (κ1) is 37.3. The van der Waals surface area contributed by atoms with E-state index in [-0.39, 0.29) is 35.3 Å². The second-order valence-corrected chi connectivity index (χ2v) is 18.4. The van der Waals surface area contributed by atoms with Crippen LogP contribution in [0.25, 0.3) is 11.0 Å². The van der Waals surface area contributed by atoms with E-state index >= 15 is 0 Å². The van der Waals surface area contributed by atoms with Crippen molar-refractivity contribution in [2.75, 3.05) is 6.61 Å². The van der Waals surface area contributed by atoms with Crippen LogP contribution >= 0.6 is 15.9 Å². The van der Waals surface area contributed by atoms with E-state index in [0.29, 0.717) is 33.6 Å². The molecule has 52 heavy (non-hydrogen) atoms. The highest BCUT2D eigenvalue weighted by Crippen LogP contribution is 2.67. The SMILES string of the molecule is Cc1oc2cc(OCC(=O)O[C@@H]3CC[C@@]4(C)C(=CC[C@H]5[C@@H]6CC[C@H]([C@H](C)CCCC(C)C)[C@@]6(C)CC[C@@H]54)C3)ccc2c(=O)c1Oc1ccc(Br)cc1. The normalized spacial score (nSPS) is 30.2. The third-order valence-electron chi connectivity index (χ3n) is 13.9. The van der Waals surface area contributed by atoms with Gasteiger partial charge in [-0.2, -0.15) is 0 Å². The molecule has 0 N–H and O–H groups in total. The second-order valence-electron chi connectivity index (χ2n) is 17.5. The first-order valence-corrected chi connectivity index (χ1v) is 20.7. The lowest BCUT2D eigenvalue weighted by atomic mass is 9.47. The fraction of sp³-hybridized carbons (Fsp3) is 0.600. The molecule has 0 bridgehead atoms. The monoisotopic (exact) mass is 772 g/mol. The molecule has 3 fully saturated rings. The number of hydrogen-bond donors (Lipinski definition) is 0. The van der Waals surface area contributed by atoms with Crippen molar-refractivity contribution in [3.05, 3.63) is 74.6 Å². The molecule has 280 valence electrons. The quantitative estimate of drug-likeness (QED) is 0.143. The number of esters is 1. The molecular formula is C45H57BrO6. The predicted molar refractivity (Wildman–Crippen MR) is 210 cm³/mol. The number of halogens is 1. The van der Waals surface area contributed by atoms with Gasteiger partial charge in [-0.05, 0) is 135 Å². The zero-order chi connectivity index (χ0) is 36.8. The molecule has 0 saturated heterocycles. The number of hydrogen-bond acceptors (Lipinski definition) is 6. The summed E-state index contributed by atoms with van der Waals surface area (Å²) in [7, 11) is 0. The van der Waals surface area contributed by atoms with Crippen molar-refractivity contribution < 1.29 is 23.4 Å². The van der Waals surface area contributed by atoms with Crippen LogP contribution in [-0.4, -0.2) is 18.7 Å². The Bertz CT molecular complexity index is 1860. The van der Waals surface area contributed by atoms with Crippen LogP contribution in [0.3, 0.4) is 0 Å². The molecule has 4 aliphatic rings. The van der Waals surface area contributed by atoms with Gasteiger partial charge in [0.1, 0.15) is 28.9 Å². The molecular weight excluding hydrogens is 716 g/mol. The summed E-state index contributed by atoms with van der Waals surface area (Å²) in [6.07, 6.45) is 16.1. The van der Waals surface area contributed by atoms with Crippen LogP contribution in [0.15, 0.2) is 67.8 Å². The third-order valence-corrected chi connectivity index (χ3v) is 14.5. The Hall–Kier alpha value is -3.06. The van der Waals surface area contributed by atoms with Gasteiger partial charge in [0.15, 0.2) is 6.61 Å². The maximum atomic E-state index is 13.3. The van der Waals surface area contributed by atoms with Gasteiger partial charge in [-0.1, -0.05) is 81.5 Å². The standard InChI is InChI=1S/C45H57BrO6/c1-27(2)8-7-9-28(3)37-18-19-38-35-16-10-30-24-34(20-22-44(30,5)39(35)21-23-45(37,38)6)51-41(47)26-49-33-15-17-36-40(25-33)50-29(4)43(42(36)48)52-32-13-11-31(46)12-14-32/h10-15,17,25,27-28,34-35,37-39H,7-9,16,18-24,26H2,1-6H3/t28-,34-,35+,37-,38+,39+,44+,45-/m1/s1. The molecule has 0 unspecified atom stereocenters. The van der Waals surface area contributed by atoms with Gasteiger partial charge in [0.2, 0.25) is 11.2 Å². The molecule has 0 spiro atoms. The van der Waals surface area contributed by atoms with Crippen LogP contribution in [0.5, 0.6) is 17.2 Å². The Kier molecular flexibility index (Phi) is 10.7. The smallest absolute Gasteiger partial charge is 0.344 e. The summed E-state index contributed by atoms with van der Waals surface area (Å²) in [5.41, 5.74) is 2.32. The van der Waals surface area contributed by atoms with E-state index < -0.39 is 0 Å². The van der Waals surface area contributed by atoms with Gasteiger partial charge in [0.05, 0.1) is 5.39 Å². The Balaban J connectivity index is 0.944. The van der Waals surface area contributed by atoms with Gasteiger partial charge in [-0.15, -0.1) is 0 Å². The minimum atomic E-state index is -0.369. The molecule has 2 aromatic carbocycles. The van der Waals surface area contributed by atoms with Crippen molar-refractivity contribution in [3.8, 4) is 17.2 Å². The van der Waals surface area contributed by atoms with Crippen LogP contribution < -0.4 is 14.9 Å². The summed E-state index contributed by atoms with van der Waals surface area (Å²) in [5.74, 6) is 5.98. The number of carbonyl (C=O) groups excluding carboxylic acids is 1. The average Bonchev–Trinajstić information content (AvgIpc) is 3.47. The summed E-state index contributed by atoms with van der Waals surface area (Å²) in [4.78, 5) is 26.3. The van der Waals surface area contributed by atoms with Crippen LogP contribution in [-0.2, 0) is 9.53 Å². The predicted octanol–water partition coefficient (Wildman–Crippen LogP) is 12.0. The maximum Gasteiger partial charge on any atom is 0.344 e. The number of ether oxygens (including phenoxy) is 3. The zero-order valence-corrected chi connectivity index (χ0v) is 33.6. The van der Waals surface area contributed by atoms with Crippen molar-refractivity contribution in [1.82, 2.24) is 0 Å². The Labute approximate surface area is 318 Å². The lowest BCUT2D eigenvalue weighted by Crippen LogP contribution is -2.51. The minimum Gasteiger partial charge on any atom is -0.482 e. The topological polar surface area (TPSA) is 75.0 Å². The molecule has 3 saturated carbocycles. The lowest BCUT2D eigenvalue weighted by Gasteiger charge is -2.58. The van der Waals surface area contributed by atoms with Crippen molar-refractivity contribution in [1.29, 1.82) is 0 Å². The molecule has 0 radical (unpaired) electrons. The third kappa shape index (κ3) is 7.24. The number of benzene rings is 2. The minimum absolute atomic E-state index is 0.121. The van der Waals surface area contributed by atoms with E-state index in [1.807, 2.05) is 12.1 Å². The molecule has 4 aliphatic carbocycles. The number of allylic oxidation sites excluding steroid dienone is 1. The van der Waals surface area contributed by atoms with Crippen molar-refractivity contribution in [3.63, 3.8) is 0 Å². The van der Waals surface area contributed by atoms with E-state index in [1.165, 1.54) is 56.9 Å². The number of aryl methyl sites for hydroxylation is 1. The highest BCUT2D eigenvalue weighted by molar-refractivity contribution is 9.10. The van der Waals surface area contributed by atoms with E-state index in [9.17, 15) is 9.59 Å². The molecule has 6 nitrogen and oxygen atoms in total. The van der Waals surface area contributed by atoms with Gasteiger partial charge in [-0.25, -0.2) is 4.79 Å².